The lowest BCUT2D eigenvalue weighted by atomic mass is 9.42. The van der Waals surface area contributed by atoms with Crippen LogP contribution >= 0.6 is 0 Å². The summed E-state index contributed by atoms with van der Waals surface area (Å²) in [5.74, 6) is 2.85. The molecule has 3 aromatic rings. The molecule has 2 aromatic carbocycles. The van der Waals surface area contributed by atoms with Crippen LogP contribution in [0, 0.1) is 46.2 Å². The highest BCUT2D eigenvalue weighted by Gasteiger charge is 2.62. The van der Waals surface area contributed by atoms with Crippen molar-refractivity contribution < 1.29 is 19.1 Å². The first-order chi connectivity index (χ1) is 23.6. The van der Waals surface area contributed by atoms with Gasteiger partial charge in [-0.1, -0.05) is 70.2 Å². The van der Waals surface area contributed by atoms with Gasteiger partial charge in [0, 0.05) is 31.1 Å². The Hall–Kier alpha value is -3.19. The molecule has 0 radical (unpaired) electrons. The Labute approximate surface area is 289 Å². The Morgan fingerprint density at radius 3 is 2.53 bits per heavy atom. The van der Waals surface area contributed by atoms with Crippen molar-refractivity contribution in [2.45, 2.75) is 123 Å². The number of aromatic nitrogens is 2. The van der Waals surface area contributed by atoms with E-state index < -0.39 is 5.82 Å². The normalized spacial score (nSPS) is 32.4. The number of H-pyrrole nitrogens is 1. The van der Waals surface area contributed by atoms with Gasteiger partial charge in [0.05, 0.1) is 22.7 Å². The second kappa shape index (κ2) is 13.8. The van der Waals surface area contributed by atoms with Crippen LogP contribution in [0.4, 0.5) is 4.39 Å². The third-order valence-corrected chi connectivity index (χ3v) is 14.1. The minimum Gasteiger partial charge on any atom is -0.393 e. The zero-order valence-corrected chi connectivity index (χ0v) is 29.3. The standard InChI is InChI=1S/C42H53FN2O4/c1-41-20-18-29(46)25-28(41)24-27(39-33-15-17-38(48)42(33,2)21-19-34(39)41)10-6-4-3-5-7-13-37(47)32-22-26(14-16-35(32)43)23-36-30-11-8-9-12-31(30)40(49)45-44-36/h8-9,11-12,14,16,22,27-28,33-34,38-39,48H,3-7,10,13,15,17-21,23-25H2,1-2H3,(H,45,49)/t27-,28+,33+,34+,38+,39+,41+,42+/m1/s1. The van der Waals surface area contributed by atoms with Crippen molar-refractivity contribution in [1.29, 1.82) is 0 Å². The number of fused-ring (bicyclic) bond motifs is 6. The molecule has 0 spiro atoms. The van der Waals surface area contributed by atoms with Gasteiger partial charge >= 0.3 is 0 Å². The summed E-state index contributed by atoms with van der Waals surface area (Å²) in [5.41, 5.74) is 1.66. The molecular formula is C42H53FN2O4. The average molecular weight is 669 g/mol. The lowest BCUT2D eigenvalue weighted by Gasteiger charge is -2.62. The smallest absolute Gasteiger partial charge is 0.272 e. The molecule has 0 aliphatic heterocycles. The van der Waals surface area contributed by atoms with Crippen molar-refractivity contribution in [3.05, 3.63) is 75.5 Å². The predicted octanol–water partition coefficient (Wildman–Crippen LogP) is 8.77. The molecule has 7 heteroatoms. The second-order valence-corrected chi connectivity index (χ2v) is 16.6. The molecule has 0 amide bonds. The van der Waals surface area contributed by atoms with Crippen LogP contribution in [0.1, 0.15) is 132 Å². The van der Waals surface area contributed by atoms with Gasteiger partial charge in [-0.05, 0) is 109 Å². The maximum absolute atomic E-state index is 14.8. The van der Waals surface area contributed by atoms with E-state index in [1.54, 1.807) is 18.2 Å². The van der Waals surface area contributed by atoms with Gasteiger partial charge in [-0.2, -0.15) is 5.10 Å². The highest BCUT2D eigenvalue weighted by atomic mass is 19.1. The Morgan fingerprint density at radius 1 is 0.939 bits per heavy atom. The number of benzene rings is 2. The maximum Gasteiger partial charge on any atom is 0.272 e. The van der Waals surface area contributed by atoms with Crippen LogP contribution in [-0.2, 0) is 11.2 Å². The summed E-state index contributed by atoms with van der Waals surface area (Å²) in [6.07, 6.45) is 14.9. The van der Waals surface area contributed by atoms with E-state index in [9.17, 15) is 23.9 Å². The zero-order valence-electron chi connectivity index (χ0n) is 29.3. The van der Waals surface area contributed by atoms with Gasteiger partial charge in [-0.15, -0.1) is 0 Å². The average Bonchev–Trinajstić information content (AvgIpc) is 3.40. The van der Waals surface area contributed by atoms with E-state index in [2.05, 4.69) is 24.0 Å². The molecule has 4 fully saturated rings. The molecule has 4 aliphatic rings. The number of halogens is 1. The summed E-state index contributed by atoms with van der Waals surface area (Å²) in [6, 6.07) is 12.0. The highest BCUT2D eigenvalue weighted by Crippen LogP contribution is 2.67. The summed E-state index contributed by atoms with van der Waals surface area (Å²) in [6.45, 7) is 4.86. The number of unbranched alkanes of at least 4 members (excludes halogenated alkanes) is 4. The topological polar surface area (TPSA) is 100 Å². The van der Waals surface area contributed by atoms with Gasteiger partial charge in [-0.3, -0.25) is 14.4 Å². The number of aliphatic hydroxyl groups is 1. The van der Waals surface area contributed by atoms with Gasteiger partial charge in [0.15, 0.2) is 5.78 Å². The van der Waals surface area contributed by atoms with E-state index in [0.29, 0.717) is 59.3 Å². The molecule has 0 unspecified atom stereocenters. The van der Waals surface area contributed by atoms with Crippen LogP contribution in [0.5, 0.6) is 0 Å². The first kappa shape index (κ1) is 34.3. The van der Waals surface area contributed by atoms with E-state index >= 15 is 0 Å². The number of nitrogens with one attached hydrogen (secondary N) is 1. The minimum absolute atomic E-state index is 0.0474. The molecule has 1 aromatic heterocycles. The number of hydrogen-bond donors (Lipinski definition) is 2. The summed E-state index contributed by atoms with van der Waals surface area (Å²) >= 11 is 0. The lowest BCUT2D eigenvalue weighted by molar-refractivity contribution is -0.156. The van der Waals surface area contributed by atoms with Crippen LogP contribution in [-0.4, -0.2) is 33.0 Å². The van der Waals surface area contributed by atoms with Crippen LogP contribution in [0.2, 0.25) is 0 Å². The molecule has 0 saturated heterocycles. The Kier molecular flexibility index (Phi) is 9.68. The number of ketones is 2. The molecular weight excluding hydrogens is 615 g/mol. The molecule has 8 atom stereocenters. The fraction of sp³-hybridized carbons (Fsp3) is 0.619. The summed E-state index contributed by atoms with van der Waals surface area (Å²) < 4.78 is 14.8. The number of nitrogens with zero attached hydrogens (tertiary/aromatic N) is 1. The van der Waals surface area contributed by atoms with Gasteiger partial charge in [0.1, 0.15) is 11.6 Å². The quantitative estimate of drug-likeness (QED) is 0.157. The van der Waals surface area contributed by atoms with Gasteiger partial charge in [0.25, 0.3) is 5.56 Å². The van der Waals surface area contributed by atoms with E-state index in [1.165, 1.54) is 25.3 Å². The molecule has 49 heavy (non-hydrogen) atoms. The Morgan fingerprint density at radius 2 is 1.69 bits per heavy atom. The minimum atomic E-state index is -0.497. The summed E-state index contributed by atoms with van der Waals surface area (Å²) in [7, 11) is 0. The third-order valence-electron chi connectivity index (χ3n) is 14.1. The van der Waals surface area contributed by atoms with E-state index in [-0.39, 0.29) is 33.8 Å². The Bertz CT molecular complexity index is 1770. The molecule has 4 saturated carbocycles. The first-order valence-corrected chi connectivity index (χ1v) is 19.1. The van der Waals surface area contributed by atoms with Gasteiger partial charge in [-0.25, -0.2) is 9.49 Å². The number of carbonyl (C=O) groups excluding carboxylic acids is 2. The molecule has 7 rings (SSSR count). The largest absolute Gasteiger partial charge is 0.393 e. The first-order valence-electron chi connectivity index (χ1n) is 19.1. The third kappa shape index (κ3) is 6.45. The maximum atomic E-state index is 14.8. The molecule has 262 valence electrons. The van der Waals surface area contributed by atoms with Gasteiger partial charge < -0.3 is 5.11 Å². The highest BCUT2D eigenvalue weighted by molar-refractivity contribution is 5.96. The van der Waals surface area contributed by atoms with E-state index in [1.807, 2.05) is 18.2 Å². The van der Waals surface area contributed by atoms with Crippen LogP contribution < -0.4 is 5.56 Å². The van der Waals surface area contributed by atoms with Gasteiger partial charge in [0.2, 0.25) is 0 Å². The number of aliphatic hydroxyl groups excluding tert-OH is 1. The second-order valence-electron chi connectivity index (χ2n) is 16.6. The lowest BCUT2D eigenvalue weighted by Crippen LogP contribution is -2.57. The number of Topliss-reactive ketones (excluding diaryl/α,β-unsaturated/α-hetero) is 2. The fourth-order valence-corrected chi connectivity index (χ4v) is 11.2. The van der Waals surface area contributed by atoms with E-state index in [0.717, 1.165) is 81.6 Å². The monoisotopic (exact) mass is 668 g/mol. The molecule has 6 nitrogen and oxygen atoms in total. The number of hydrogen-bond acceptors (Lipinski definition) is 5. The van der Waals surface area contributed by atoms with Crippen molar-refractivity contribution in [2.24, 2.45) is 40.4 Å². The number of carbonyl (C=O) groups is 2. The molecule has 4 aliphatic carbocycles. The predicted molar refractivity (Wildman–Crippen MR) is 190 cm³/mol. The Balaban J connectivity index is 0.918. The van der Waals surface area contributed by atoms with Crippen molar-refractivity contribution in [1.82, 2.24) is 10.2 Å². The van der Waals surface area contributed by atoms with Crippen molar-refractivity contribution in [3.63, 3.8) is 0 Å². The van der Waals surface area contributed by atoms with Crippen molar-refractivity contribution in [2.75, 3.05) is 0 Å². The molecule has 0 bridgehead atoms. The fourth-order valence-electron chi connectivity index (χ4n) is 11.2. The number of rotatable bonds is 11. The SMILES string of the molecule is C[C@]12CCC(=O)C[C@@H]1C[C@@H](CCCCCCCC(=O)c1cc(Cc3n[nH]c(=O)c4ccccc34)ccc1F)[C@@H]1[C@@H]2CC[C@]2(C)[C@@H](O)CC[C@@H]12. The van der Waals surface area contributed by atoms with Crippen LogP contribution in [0.25, 0.3) is 10.8 Å². The van der Waals surface area contributed by atoms with Crippen molar-refractivity contribution in [3.8, 4) is 0 Å². The number of aromatic amines is 1. The van der Waals surface area contributed by atoms with Crippen molar-refractivity contribution >= 4 is 22.3 Å². The molecule has 1 heterocycles. The van der Waals surface area contributed by atoms with Crippen LogP contribution in [0.3, 0.4) is 0 Å². The molecule has 2 N–H and O–H groups in total. The van der Waals surface area contributed by atoms with Crippen LogP contribution in [0.15, 0.2) is 47.3 Å². The summed E-state index contributed by atoms with van der Waals surface area (Å²) in [5, 5.41) is 19.1. The zero-order chi connectivity index (χ0) is 34.3. The summed E-state index contributed by atoms with van der Waals surface area (Å²) in [4.78, 5) is 37.9. The van der Waals surface area contributed by atoms with E-state index in [4.69, 9.17) is 0 Å².